The largest absolute Gasteiger partial charge is 0.337 e. The predicted octanol–water partition coefficient (Wildman–Crippen LogP) is 2.17. The normalized spacial score (nSPS) is 11.7. The van der Waals surface area contributed by atoms with Crippen LogP contribution in [0.3, 0.4) is 0 Å². The summed E-state index contributed by atoms with van der Waals surface area (Å²) in [6.07, 6.45) is 1.97. The van der Waals surface area contributed by atoms with E-state index in [2.05, 4.69) is 5.32 Å². The van der Waals surface area contributed by atoms with Gasteiger partial charge in [-0.2, -0.15) is 0 Å². The standard InChI is InChI=1S/C20H24ClN3O2S/c1-23(13-19(25)22-17-6-4-5-7-18(17)27-3)14-20(26)24(2)12-15-8-10-16(21)11-9-15/h4-11H,12-14H2,1-3H3,(H,22,25)/p+1. The number of halogens is 1. The molecular formula is C20H25ClN3O2S+. The van der Waals surface area contributed by atoms with E-state index < -0.39 is 0 Å². The Balaban J connectivity index is 1.83. The number of likely N-dealkylation sites (N-methyl/N-ethyl adjacent to an activating group) is 2. The molecule has 0 radical (unpaired) electrons. The highest BCUT2D eigenvalue weighted by Gasteiger charge is 2.18. The zero-order chi connectivity index (χ0) is 19.8. The predicted molar refractivity (Wildman–Crippen MR) is 111 cm³/mol. The second-order valence-corrected chi connectivity index (χ2v) is 7.72. The van der Waals surface area contributed by atoms with Crippen LogP contribution in [0.4, 0.5) is 5.69 Å². The van der Waals surface area contributed by atoms with E-state index in [1.165, 1.54) is 0 Å². The van der Waals surface area contributed by atoms with Crippen molar-refractivity contribution in [2.75, 3.05) is 38.8 Å². The van der Waals surface area contributed by atoms with Crippen molar-refractivity contribution in [2.45, 2.75) is 11.4 Å². The van der Waals surface area contributed by atoms with Crippen LogP contribution in [0, 0.1) is 0 Å². The zero-order valence-electron chi connectivity index (χ0n) is 15.8. The molecule has 0 saturated carbocycles. The quantitative estimate of drug-likeness (QED) is 0.660. The number of carbonyl (C=O) groups excluding carboxylic acids is 2. The van der Waals surface area contributed by atoms with Gasteiger partial charge in [0, 0.05) is 23.5 Å². The highest BCUT2D eigenvalue weighted by Crippen LogP contribution is 2.24. The summed E-state index contributed by atoms with van der Waals surface area (Å²) in [5.41, 5.74) is 1.81. The van der Waals surface area contributed by atoms with E-state index in [0.717, 1.165) is 21.0 Å². The van der Waals surface area contributed by atoms with Crippen molar-refractivity contribution in [2.24, 2.45) is 0 Å². The molecule has 0 aromatic heterocycles. The van der Waals surface area contributed by atoms with Gasteiger partial charge in [-0.05, 0) is 36.1 Å². The van der Waals surface area contributed by atoms with Crippen LogP contribution in [-0.4, -0.2) is 50.2 Å². The molecule has 2 aromatic carbocycles. The first-order chi connectivity index (χ1) is 12.9. The van der Waals surface area contributed by atoms with E-state index >= 15 is 0 Å². The molecule has 1 unspecified atom stereocenters. The molecular weight excluding hydrogens is 382 g/mol. The van der Waals surface area contributed by atoms with Crippen molar-refractivity contribution in [3.63, 3.8) is 0 Å². The van der Waals surface area contributed by atoms with Gasteiger partial charge >= 0.3 is 0 Å². The Bertz CT molecular complexity index is 783. The molecule has 0 spiro atoms. The van der Waals surface area contributed by atoms with E-state index in [-0.39, 0.29) is 24.9 Å². The molecule has 0 aliphatic heterocycles. The molecule has 27 heavy (non-hydrogen) atoms. The summed E-state index contributed by atoms with van der Waals surface area (Å²) in [5.74, 6) is -0.123. The molecule has 2 amide bonds. The van der Waals surface area contributed by atoms with Crippen molar-refractivity contribution in [3.8, 4) is 0 Å². The van der Waals surface area contributed by atoms with Crippen molar-refractivity contribution < 1.29 is 14.5 Å². The lowest BCUT2D eigenvalue weighted by Gasteiger charge is -2.20. The Hall–Kier alpha value is -2.02. The van der Waals surface area contributed by atoms with Gasteiger partial charge in [-0.3, -0.25) is 9.59 Å². The van der Waals surface area contributed by atoms with Crippen molar-refractivity contribution in [3.05, 3.63) is 59.1 Å². The minimum Gasteiger partial charge on any atom is -0.337 e. The van der Waals surface area contributed by atoms with Gasteiger partial charge in [0.05, 0.1) is 12.7 Å². The van der Waals surface area contributed by atoms with Crippen LogP contribution in [-0.2, 0) is 16.1 Å². The van der Waals surface area contributed by atoms with Crippen molar-refractivity contribution in [1.82, 2.24) is 4.90 Å². The lowest BCUT2D eigenvalue weighted by Crippen LogP contribution is -3.11. The van der Waals surface area contributed by atoms with Crippen LogP contribution in [0.15, 0.2) is 53.4 Å². The Kier molecular flexibility index (Phi) is 8.16. The molecule has 2 rings (SSSR count). The molecule has 0 aliphatic carbocycles. The SMILES string of the molecule is CSc1ccccc1NC(=O)C[NH+](C)CC(=O)N(C)Cc1ccc(Cl)cc1. The van der Waals surface area contributed by atoms with Gasteiger partial charge in [-0.25, -0.2) is 0 Å². The van der Waals surface area contributed by atoms with Gasteiger partial charge in [0.25, 0.3) is 11.8 Å². The van der Waals surface area contributed by atoms with Gasteiger partial charge in [-0.1, -0.05) is 35.9 Å². The molecule has 0 saturated heterocycles. The summed E-state index contributed by atoms with van der Waals surface area (Å²) in [4.78, 5) is 28.2. The summed E-state index contributed by atoms with van der Waals surface area (Å²) < 4.78 is 0. The minimum absolute atomic E-state index is 0.0141. The summed E-state index contributed by atoms with van der Waals surface area (Å²) in [6, 6.07) is 15.1. The van der Waals surface area contributed by atoms with Crippen LogP contribution in [0.5, 0.6) is 0 Å². The third kappa shape index (κ3) is 6.90. The van der Waals surface area contributed by atoms with Crippen LogP contribution in [0.1, 0.15) is 5.56 Å². The van der Waals surface area contributed by atoms with Crippen LogP contribution < -0.4 is 10.2 Å². The van der Waals surface area contributed by atoms with Gasteiger partial charge in [-0.15, -0.1) is 11.8 Å². The summed E-state index contributed by atoms with van der Waals surface area (Å²) in [6.45, 7) is 0.988. The lowest BCUT2D eigenvalue weighted by molar-refractivity contribution is -0.862. The second-order valence-electron chi connectivity index (χ2n) is 6.44. The Morgan fingerprint density at radius 2 is 1.78 bits per heavy atom. The first kappa shape index (κ1) is 21.3. The minimum atomic E-state index is -0.109. The number of rotatable bonds is 8. The number of carbonyl (C=O) groups is 2. The molecule has 2 aromatic rings. The maximum Gasteiger partial charge on any atom is 0.279 e. The highest BCUT2D eigenvalue weighted by molar-refractivity contribution is 7.98. The Labute approximate surface area is 169 Å². The highest BCUT2D eigenvalue weighted by atomic mass is 35.5. The number of nitrogens with zero attached hydrogens (tertiary/aromatic N) is 1. The average molecular weight is 407 g/mol. The van der Waals surface area contributed by atoms with Gasteiger partial charge in [0.2, 0.25) is 0 Å². The number of thioether (sulfide) groups is 1. The number of amides is 2. The third-order valence-corrected chi connectivity index (χ3v) is 5.10. The summed E-state index contributed by atoms with van der Waals surface area (Å²) >= 11 is 7.46. The number of anilines is 1. The first-order valence-electron chi connectivity index (χ1n) is 8.61. The molecule has 2 N–H and O–H groups in total. The van der Waals surface area contributed by atoms with Crippen LogP contribution >= 0.6 is 23.4 Å². The molecule has 0 aliphatic rings. The average Bonchev–Trinajstić information content (AvgIpc) is 2.63. The zero-order valence-corrected chi connectivity index (χ0v) is 17.4. The van der Waals surface area contributed by atoms with E-state index in [0.29, 0.717) is 11.6 Å². The molecule has 5 nitrogen and oxygen atoms in total. The van der Waals surface area contributed by atoms with E-state index in [1.807, 2.05) is 61.8 Å². The lowest BCUT2D eigenvalue weighted by atomic mass is 10.2. The topological polar surface area (TPSA) is 53.9 Å². The number of hydrogen-bond donors (Lipinski definition) is 2. The monoisotopic (exact) mass is 406 g/mol. The van der Waals surface area contributed by atoms with E-state index in [1.54, 1.807) is 23.7 Å². The van der Waals surface area contributed by atoms with Gasteiger partial charge < -0.3 is 15.1 Å². The molecule has 7 heteroatoms. The molecule has 0 bridgehead atoms. The third-order valence-electron chi connectivity index (χ3n) is 4.06. The fourth-order valence-corrected chi connectivity index (χ4v) is 3.30. The van der Waals surface area contributed by atoms with Crippen LogP contribution in [0.2, 0.25) is 5.02 Å². The number of nitrogens with one attached hydrogen (secondary N) is 2. The molecule has 144 valence electrons. The fraction of sp³-hybridized carbons (Fsp3) is 0.300. The number of benzene rings is 2. The fourth-order valence-electron chi connectivity index (χ4n) is 2.62. The van der Waals surface area contributed by atoms with E-state index in [9.17, 15) is 9.59 Å². The summed E-state index contributed by atoms with van der Waals surface area (Å²) in [5, 5.41) is 3.59. The Morgan fingerprint density at radius 1 is 1.11 bits per heavy atom. The molecule has 1 atom stereocenters. The second kappa shape index (κ2) is 10.3. The van der Waals surface area contributed by atoms with Gasteiger partial charge in [0.1, 0.15) is 0 Å². The van der Waals surface area contributed by atoms with Crippen molar-refractivity contribution in [1.29, 1.82) is 0 Å². The maximum absolute atomic E-state index is 12.4. The maximum atomic E-state index is 12.4. The first-order valence-corrected chi connectivity index (χ1v) is 10.2. The number of para-hydroxylation sites is 1. The number of hydrogen-bond acceptors (Lipinski definition) is 3. The van der Waals surface area contributed by atoms with Crippen molar-refractivity contribution >= 4 is 40.9 Å². The van der Waals surface area contributed by atoms with Crippen LogP contribution in [0.25, 0.3) is 0 Å². The smallest absolute Gasteiger partial charge is 0.279 e. The summed E-state index contributed by atoms with van der Waals surface area (Å²) in [7, 11) is 3.60. The van der Waals surface area contributed by atoms with Gasteiger partial charge in [0.15, 0.2) is 13.1 Å². The molecule has 0 heterocycles. The molecule has 0 fully saturated rings. The number of quaternary nitrogens is 1. The van der Waals surface area contributed by atoms with E-state index in [4.69, 9.17) is 11.6 Å². The Morgan fingerprint density at radius 3 is 2.44 bits per heavy atom.